The van der Waals surface area contributed by atoms with E-state index in [4.69, 9.17) is 5.41 Å². The summed E-state index contributed by atoms with van der Waals surface area (Å²) in [7, 11) is 0. The van der Waals surface area contributed by atoms with E-state index in [1.54, 1.807) is 6.92 Å². The van der Waals surface area contributed by atoms with Crippen LogP contribution >= 0.6 is 0 Å². The summed E-state index contributed by atoms with van der Waals surface area (Å²) < 4.78 is 12.6. The Balaban J connectivity index is 3.06. The largest absolute Gasteiger partial charge is 0.300 e. The van der Waals surface area contributed by atoms with E-state index in [9.17, 15) is 4.39 Å². The second-order valence-corrected chi connectivity index (χ2v) is 2.26. The maximum absolute atomic E-state index is 12.6. The number of hydrogen-bond acceptors (Lipinski definition) is 1. The third-order valence-electron chi connectivity index (χ3n) is 1.38. The topological polar surface area (TPSA) is 23.9 Å². The first-order valence-corrected chi connectivity index (χ1v) is 2.95. The minimum Gasteiger partial charge on any atom is -0.300 e. The maximum atomic E-state index is 12.6. The van der Waals surface area contributed by atoms with Crippen molar-refractivity contribution >= 4 is 5.71 Å². The Morgan fingerprint density at radius 3 is 2.60 bits per heavy atom. The van der Waals surface area contributed by atoms with Gasteiger partial charge in [0.2, 0.25) is 0 Å². The third kappa shape index (κ3) is 1.05. The highest BCUT2D eigenvalue weighted by molar-refractivity contribution is 6.09. The summed E-state index contributed by atoms with van der Waals surface area (Å²) in [4.78, 5) is 0. The lowest BCUT2D eigenvalue weighted by atomic mass is 10.0. The van der Waals surface area contributed by atoms with E-state index in [1.807, 2.05) is 0 Å². The van der Waals surface area contributed by atoms with Crippen LogP contribution in [0.2, 0.25) is 0 Å². The van der Waals surface area contributed by atoms with Crippen LogP contribution in [0, 0.1) is 5.41 Å². The molecule has 0 unspecified atom stereocenters. The molecule has 1 aliphatic rings. The van der Waals surface area contributed by atoms with Crippen LogP contribution in [-0.4, -0.2) is 5.71 Å². The number of rotatable bonds is 0. The van der Waals surface area contributed by atoms with E-state index in [-0.39, 0.29) is 5.83 Å². The standard InChI is InChI=1S/C8H8FN/c1-5-4-8(10)6(2)3-7(5)9/h3-4,10H,2H2,1H3. The second-order valence-electron chi connectivity index (χ2n) is 2.26. The first-order valence-electron chi connectivity index (χ1n) is 2.95. The minimum absolute atomic E-state index is 0.291. The van der Waals surface area contributed by atoms with Gasteiger partial charge in [-0.15, -0.1) is 0 Å². The molecule has 2 heteroatoms. The van der Waals surface area contributed by atoms with Crippen molar-refractivity contribution in [3.8, 4) is 0 Å². The molecule has 0 saturated carbocycles. The van der Waals surface area contributed by atoms with Crippen LogP contribution in [0.4, 0.5) is 4.39 Å². The second kappa shape index (κ2) is 2.21. The van der Waals surface area contributed by atoms with Crippen molar-refractivity contribution in [1.29, 1.82) is 5.41 Å². The third-order valence-corrected chi connectivity index (χ3v) is 1.38. The minimum atomic E-state index is -0.291. The smallest absolute Gasteiger partial charge is 0.126 e. The van der Waals surface area contributed by atoms with E-state index >= 15 is 0 Å². The Morgan fingerprint density at radius 1 is 1.50 bits per heavy atom. The van der Waals surface area contributed by atoms with Gasteiger partial charge in [0.1, 0.15) is 5.83 Å². The van der Waals surface area contributed by atoms with Gasteiger partial charge in [-0.25, -0.2) is 4.39 Å². The number of nitrogens with one attached hydrogen (secondary N) is 1. The summed E-state index contributed by atoms with van der Waals surface area (Å²) in [6, 6.07) is 0. The summed E-state index contributed by atoms with van der Waals surface area (Å²) in [5.41, 5.74) is 1.22. The highest BCUT2D eigenvalue weighted by atomic mass is 19.1. The zero-order valence-electron chi connectivity index (χ0n) is 5.74. The Kier molecular flexibility index (Phi) is 1.53. The first kappa shape index (κ1) is 6.93. The van der Waals surface area contributed by atoms with Crippen molar-refractivity contribution < 1.29 is 4.39 Å². The Bertz CT molecular complexity index is 230. The van der Waals surface area contributed by atoms with Gasteiger partial charge in [0.05, 0.1) is 5.71 Å². The van der Waals surface area contributed by atoms with E-state index in [2.05, 4.69) is 6.58 Å². The molecule has 0 saturated heterocycles. The molecular weight excluding hydrogens is 129 g/mol. The van der Waals surface area contributed by atoms with Crippen molar-refractivity contribution in [1.82, 2.24) is 0 Å². The summed E-state index contributed by atoms with van der Waals surface area (Å²) in [6.45, 7) is 5.13. The fraction of sp³-hybridized carbons (Fsp3) is 0.125. The van der Waals surface area contributed by atoms with Crippen LogP contribution < -0.4 is 0 Å². The maximum Gasteiger partial charge on any atom is 0.126 e. The summed E-state index contributed by atoms with van der Waals surface area (Å²) in [5.74, 6) is -0.291. The SMILES string of the molecule is C=C1C=C(F)C(C)=CC1=N. The molecule has 0 aromatic rings. The zero-order valence-corrected chi connectivity index (χ0v) is 5.74. The van der Waals surface area contributed by atoms with Gasteiger partial charge in [-0.1, -0.05) is 6.58 Å². The molecule has 52 valence electrons. The number of hydrogen-bond donors (Lipinski definition) is 1. The van der Waals surface area contributed by atoms with Gasteiger partial charge in [0, 0.05) is 0 Å². The van der Waals surface area contributed by atoms with Crippen LogP contribution in [0.15, 0.2) is 35.7 Å². The van der Waals surface area contributed by atoms with Crippen LogP contribution in [0.1, 0.15) is 6.92 Å². The molecule has 0 aliphatic heterocycles. The van der Waals surface area contributed by atoms with Crippen molar-refractivity contribution in [3.05, 3.63) is 35.7 Å². The van der Waals surface area contributed by atoms with Gasteiger partial charge in [-0.05, 0) is 30.2 Å². The Hall–Kier alpha value is -1.18. The van der Waals surface area contributed by atoms with Gasteiger partial charge in [-0.3, -0.25) is 0 Å². The molecule has 1 rings (SSSR count). The van der Waals surface area contributed by atoms with E-state index in [1.165, 1.54) is 12.2 Å². The predicted molar refractivity (Wildman–Crippen MR) is 39.8 cm³/mol. The normalized spacial score (nSPS) is 18.6. The highest BCUT2D eigenvalue weighted by Gasteiger charge is 2.08. The molecule has 0 aromatic heterocycles. The lowest BCUT2D eigenvalue weighted by Gasteiger charge is -2.06. The molecule has 1 N–H and O–H groups in total. The average molecular weight is 137 g/mol. The van der Waals surface area contributed by atoms with Crippen molar-refractivity contribution in [2.24, 2.45) is 0 Å². The van der Waals surface area contributed by atoms with E-state index < -0.39 is 0 Å². The monoisotopic (exact) mass is 137 g/mol. The molecule has 0 atom stereocenters. The molecule has 0 bridgehead atoms. The summed E-state index contributed by atoms with van der Waals surface area (Å²) in [6.07, 6.45) is 2.75. The van der Waals surface area contributed by atoms with Gasteiger partial charge < -0.3 is 5.41 Å². The fourth-order valence-electron chi connectivity index (χ4n) is 0.723. The summed E-state index contributed by atoms with van der Waals surface area (Å²) in [5, 5.41) is 7.23. The van der Waals surface area contributed by atoms with Crippen molar-refractivity contribution in [3.63, 3.8) is 0 Å². The highest BCUT2D eigenvalue weighted by Crippen LogP contribution is 2.19. The van der Waals surface area contributed by atoms with Crippen LogP contribution in [0.5, 0.6) is 0 Å². The van der Waals surface area contributed by atoms with Crippen LogP contribution in [0.3, 0.4) is 0 Å². The van der Waals surface area contributed by atoms with E-state index in [0.29, 0.717) is 16.9 Å². The van der Waals surface area contributed by atoms with Crippen LogP contribution in [0.25, 0.3) is 0 Å². The van der Waals surface area contributed by atoms with Crippen molar-refractivity contribution in [2.45, 2.75) is 6.92 Å². The molecule has 10 heavy (non-hydrogen) atoms. The molecule has 0 amide bonds. The van der Waals surface area contributed by atoms with Gasteiger partial charge in [0.15, 0.2) is 0 Å². The molecule has 0 fully saturated rings. The molecule has 0 radical (unpaired) electrons. The molecule has 0 aromatic carbocycles. The van der Waals surface area contributed by atoms with Gasteiger partial charge in [-0.2, -0.15) is 0 Å². The zero-order chi connectivity index (χ0) is 7.72. The Morgan fingerprint density at radius 2 is 2.10 bits per heavy atom. The molecule has 0 spiro atoms. The molecule has 0 heterocycles. The lowest BCUT2D eigenvalue weighted by Crippen LogP contribution is -2.00. The van der Waals surface area contributed by atoms with Gasteiger partial charge in [0.25, 0.3) is 0 Å². The van der Waals surface area contributed by atoms with Gasteiger partial charge >= 0.3 is 0 Å². The molecular formula is C8H8FN. The van der Waals surface area contributed by atoms with Crippen molar-refractivity contribution in [2.75, 3.05) is 0 Å². The Labute approximate surface area is 59.1 Å². The van der Waals surface area contributed by atoms with Crippen LogP contribution in [-0.2, 0) is 0 Å². The summed E-state index contributed by atoms with van der Waals surface area (Å²) >= 11 is 0. The predicted octanol–water partition coefficient (Wildman–Crippen LogP) is 2.38. The molecule has 1 nitrogen and oxygen atoms in total. The number of halogens is 1. The fourth-order valence-corrected chi connectivity index (χ4v) is 0.723. The molecule has 1 aliphatic carbocycles. The average Bonchev–Trinajstić information content (AvgIpc) is 1.84. The quantitative estimate of drug-likeness (QED) is 0.530. The number of allylic oxidation sites excluding steroid dienone is 5. The van der Waals surface area contributed by atoms with E-state index in [0.717, 1.165) is 0 Å². The first-order chi connectivity index (χ1) is 4.61. The lowest BCUT2D eigenvalue weighted by molar-refractivity contribution is 0.650.